The minimum atomic E-state index is -0.0695. The van der Waals surface area contributed by atoms with E-state index in [0.29, 0.717) is 6.54 Å². The van der Waals surface area contributed by atoms with Gasteiger partial charge in [-0.3, -0.25) is 9.89 Å². The maximum absolute atomic E-state index is 12.1. The van der Waals surface area contributed by atoms with Crippen LogP contribution in [0, 0.1) is 0 Å². The number of nitrogens with zero attached hydrogens (tertiary/aromatic N) is 1. The van der Waals surface area contributed by atoms with Gasteiger partial charge in [0, 0.05) is 16.4 Å². The average Bonchev–Trinajstić information content (AvgIpc) is 3.01. The van der Waals surface area contributed by atoms with Crippen molar-refractivity contribution >= 4 is 33.2 Å². The second-order valence-corrected chi connectivity index (χ2v) is 5.96. The van der Waals surface area contributed by atoms with Crippen LogP contribution in [0.3, 0.4) is 0 Å². The molecular formula is C12H12BrN3OS. The SMILES string of the molecule is O=C(NCc1cscc1Br)C1CCc2cn[nH]c21. The molecule has 0 fully saturated rings. The zero-order chi connectivity index (χ0) is 12.5. The highest BCUT2D eigenvalue weighted by Gasteiger charge is 2.30. The molecule has 2 aromatic heterocycles. The number of nitrogens with one attached hydrogen (secondary N) is 2. The molecule has 0 radical (unpaired) electrons. The second kappa shape index (κ2) is 4.85. The lowest BCUT2D eigenvalue weighted by atomic mass is 10.1. The van der Waals surface area contributed by atoms with Gasteiger partial charge < -0.3 is 5.32 Å². The van der Waals surface area contributed by atoms with Crippen LogP contribution in [-0.4, -0.2) is 16.1 Å². The second-order valence-electron chi connectivity index (χ2n) is 4.36. The van der Waals surface area contributed by atoms with Gasteiger partial charge in [-0.05, 0) is 45.3 Å². The monoisotopic (exact) mass is 325 g/mol. The third kappa shape index (κ3) is 2.10. The maximum atomic E-state index is 12.1. The van der Waals surface area contributed by atoms with E-state index in [0.717, 1.165) is 28.6 Å². The first-order valence-corrected chi connectivity index (χ1v) is 7.49. The molecule has 0 spiro atoms. The lowest BCUT2D eigenvalue weighted by molar-refractivity contribution is -0.122. The summed E-state index contributed by atoms with van der Waals surface area (Å²) in [7, 11) is 0. The summed E-state index contributed by atoms with van der Waals surface area (Å²) < 4.78 is 1.06. The highest BCUT2D eigenvalue weighted by Crippen LogP contribution is 2.31. The molecule has 1 atom stereocenters. The van der Waals surface area contributed by atoms with Crippen LogP contribution in [-0.2, 0) is 17.8 Å². The molecular weight excluding hydrogens is 314 g/mol. The Morgan fingerprint density at radius 1 is 1.61 bits per heavy atom. The topological polar surface area (TPSA) is 57.8 Å². The van der Waals surface area contributed by atoms with E-state index in [9.17, 15) is 4.79 Å². The number of rotatable bonds is 3. The predicted molar refractivity (Wildman–Crippen MR) is 73.5 cm³/mol. The van der Waals surface area contributed by atoms with Gasteiger partial charge in [-0.1, -0.05) is 0 Å². The van der Waals surface area contributed by atoms with Crippen molar-refractivity contribution in [2.24, 2.45) is 0 Å². The summed E-state index contributed by atoms with van der Waals surface area (Å²) in [5.41, 5.74) is 3.28. The number of halogens is 1. The van der Waals surface area contributed by atoms with Crippen LogP contribution in [0.1, 0.15) is 29.2 Å². The van der Waals surface area contributed by atoms with Gasteiger partial charge >= 0.3 is 0 Å². The van der Waals surface area contributed by atoms with Gasteiger partial charge in [-0.2, -0.15) is 16.4 Å². The number of H-pyrrole nitrogens is 1. The van der Waals surface area contributed by atoms with Crippen molar-refractivity contribution in [1.82, 2.24) is 15.5 Å². The van der Waals surface area contributed by atoms with Crippen LogP contribution in [0.15, 0.2) is 21.4 Å². The van der Waals surface area contributed by atoms with Gasteiger partial charge in [0.15, 0.2) is 0 Å². The van der Waals surface area contributed by atoms with Gasteiger partial charge in [0.25, 0.3) is 0 Å². The fourth-order valence-electron chi connectivity index (χ4n) is 2.27. The Bertz CT molecular complexity index is 577. The number of carbonyl (C=O) groups excluding carboxylic acids is 1. The van der Waals surface area contributed by atoms with Crippen LogP contribution in [0.25, 0.3) is 0 Å². The summed E-state index contributed by atoms with van der Waals surface area (Å²) in [5, 5.41) is 14.0. The summed E-state index contributed by atoms with van der Waals surface area (Å²) >= 11 is 5.09. The van der Waals surface area contributed by atoms with Gasteiger partial charge in [0.05, 0.1) is 17.8 Å². The standard InChI is InChI=1S/C12H12BrN3OS/c13-10-6-18-5-8(10)3-14-12(17)9-2-1-7-4-15-16-11(7)9/h4-6,9H,1-3H2,(H,14,17)(H,15,16). The zero-order valence-corrected chi connectivity index (χ0v) is 12.0. The van der Waals surface area contributed by atoms with Crippen LogP contribution in [0.2, 0.25) is 0 Å². The molecule has 94 valence electrons. The summed E-state index contributed by atoms with van der Waals surface area (Å²) in [5.74, 6) is 0.0102. The van der Waals surface area contributed by atoms with Crippen molar-refractivity contribution in [3.63, 3.8) is 0 Å². The zero-order valence-electron chi connectivity index (χ0n) is 9.57. The van der Waals surface area contributed by atoms with E-state index < -0.39 is 0 Å². The Kier molecular flexibility index (Phi) is 3.22. The van der Waals surface area contributed by atoms with Gasteiger partial charge in [0.1, 0.15) is 0 Å². The average molecular weight is 326 g/mol. The van der Waals surface area contributed by atoms with E-state index in [1.165, 1.54) is 5.56 Å². The molecule has 2 heterocycles. The summed E-state index contributed by atoms with van der Waals surface area (Å²) in [6.45, 7) is 0.572. The molecule has 1 aliphatic carbocycles. The summed E-state index contributed by atoms with van der Waals surface area (Å²) in [6, 6.07) is 0. The Labute approximate surface area is 117 Å². The predicted octanol–water partition coefficient (Wildman–Crippen LogP) is 2.58. The first kappa shape index (κ1) is 11.9. The highest BCUT2D eigenvalue weighted by atomic mass is 79.9. The number of aryl methyl sites for hydroxylation is 1. The molecule has 2 N–H and O–H groups in total. The lowest BCUT2D eigenvalue weighted by Gasteiger charge is -2.10. The van der Waals surface area contributed by atoms with E-state index in [-0.39, 0.29) is 11.8 Å². The largest absolute Gasteiger partial charge is 0.351 e. The molecule has 0 saturated carbocycles. The first-order valence-electron chi connectivity index (χ1n) is 5.76. The minimum Gasteiger partial charge on any atom is -0.351 e. The Balaban J connectivity index is 1.65. The molecule has 0 aliphatic heterocycles. The number of hydrogen-bond acceptors (Lipinski definition) is 3. The quantitative estimate of drug-likeness (QED) is 0.911. The Hall–Kier alpha value is -1.14. The van der Waals surface area contributed by atoms with Crippen LogP contribution in [0.5, 0.6) is 0 Å². The third-order valence-electron chi connectivity index (χ3n) is 3.26. The molecule has 0 saturated heterocycles. The van der Waals surface area contributed by atoms with E-state index >= 15 is 0 Å². The fourth-order valence-corrected chi connectivity index (χ4v) is 3.71. The fraction of sp³-hybridized carbons (Fsp3) is 0.333. The molecule has 4 nitrogen and oxygen atoms in total. The highest BCUT2D eigenvalue weighted by molar-refractivity contribution is 9.10. The summed E-state index contributed by atoms with van der Waals surface area (Å²) in [6.07, 6.45) is 3.63. The first-order chi connectivity index (χ1) is 8.75. The van der Waals surface area contributed by atoms with E-state index in [1.807, 2.05) is 17.0 Å². The van der Waals surface area contributed by atoms with Crippen molar-refractivity contribution in [3.05, 3.63) is 38.3 Å². The molecule has 3 rings (SSSR count). The third-order valence-corrected chi connectivity index (χ3v) is 5.09. The molecule has 0 aromatic carbocycles. The minimum absolute atomic E-state index is 0.0695. The lowest BCUT2D eigenvalue weighted by Crippen LogP contribution is -2.28. The van der Waals surface area contributed by atoms with Crippen molar-refractivity contribution < 1.29 is 4.79 Å². The van der Waals surface area contributed by atoms with Crippen LogP contribution in [0.4, 0.5) is 0 Å². The van der Waals surface area contributed by atoms with Gasteiger partial charge in [-0.25, -0.2) is 0 Å². The number of thiophene rings is 1. The van der Waals surface area contributed by atoms with Gasteiger partial charge in [-0.15, -0.1) is 0 Å². The van der Waals surface area contributed by atoms with Crippen molar-refractivity contribution in [2.75, 3.05) is 0 Å². The molecule has 1 unspecified atom stereocenters. The van der Waals surface area contributed by atoms with E-state index in [4.69, 9.17) is 0 Å². The number of aromatic nitrogens is 2. The molecule has 18 heavy (non-hydrogen) atoms. The number of aromatic amines is 1. The maximum Gasteiger partial charge on any atom is 0.229 e. The number of fused-ring (bicyclic) bond motifs is 1. The molecule has 0 bridgehead atoms. The number of carbonyl (C=O) groups is 1. The number of hydrogen-bond donors (Lipinski definition) is 2. The molecule has 6 heteroatoms. The van der Waals surface area contributed by atoms with Gasteiger partial charge in [0.2, 0.25) is 5.91 Å². The van der Waals surface area contributed by atoms with Crippen LogP contribution >= 0.6 is 27.3 Å². The smallest absolute Gasteiger partial charge is 0.229 e. The molecule has 2 aromatic rings. The van der Waals surface area contributed by atoms with E-state index in [1.54, 1.807) is 11.3 Å². The molecule has 1 amide bonds. The Morgan fingerprint density at radius 3 is 3.28 bits per heavy atom. The molecule has 1 aliphatic rings. The normalized spacial score (nSPS) is 17.7. The van der Waals surface area contributed by atoms with Crippen molar-refractivity contribution in [2.45, 2.75) is 25.3 Å². The van der Waals surface area contributed by atoms with Crippen molar-refractivity contribution in [1.29, 1.82) is 0 Å². The van der Waals surface area contributed by atoms with Crippen molar-refractivity contribution in [3.8, 4) is 0 Å². The Morgan fingerprint density at radius 2 is 2.50 bits per heavy atom. The number of amides is 1. The summed E-state index contributed by atoms with van der Waals surface area (Å²) in [4.78, 5) is 12.1. The van der Waals surface area contributed by atoms with E-state index in [2.05, 4.69) is 31.4 Å². The van der Waals surface area contributed by atoms with Crippen LogP contribution < -0.4 is 5.32 Å².